The monoisotopic (exact) mass is 285 g/mol. The Morgan fingerprint density at radius 1 is 1.30 bits per heavy atom. The van der Waals surface area contributed by atoms with Crippen LogP contribution in [-0.2, 0) is 6.54 Å². The van der Waals surface area contributed by atoms with Crippen LogP contribution in [0.25, 0.3) is 11.0 Å². The number of carbonyl (C=O) groups excluding carboxylic acids is 1. The molecule has 3 rings (SSSR count). The Morgan fingerprint density at radius 2 is 2.15 bits per heavy atom. The number of rotatable bonds is 5. The van der Waals surface area contributed by atoms with Gasteiger partial charge >= 0.3 is 0 Å². The number of Topliss-reactive ketones (excluding diaryl/α,β-unsaturated/α-hetero) is 1. The summed E-state index contributed by atoms with van der Waals surface area (Å²) in [5.41, 5.74) is 1.99. The number of hydrogen-bond donors (Lipinski definition) is 0. The number of hydrogen-bond acceptors (Lipinski definition) is 4. The second-order valence-corrected chi connectivity index (χ2v) is 5.66. The van der Waals surface area contributed by atoms with Crippen LogP contribution in [0.1, 0.15) is 16.1 Å². The second kappa shape index (κ2) is 5.61. The zero-order chi connectivity index (χ0) is 13.9. The first-order valence-electron chi connectivity index (χ1n) is 6.44. The summed E-state index contributed by atoms with van der Waals surface area (Å²) in [6.07, 6.45) is 0. The van der Waals surface area contributed by atoms with Gasteiger partial charge in [0.2, 0.25) is 5.78 Å². The maximum Gasteiger partial charge on any atom is 0.211 e. The van der Waals surface area contributed by atoms with E-state index >= 15 is 0 Å². The summed E-state index contributed by atoms with van der Waals surface area (Å²) in [6.45, 7) is 1.13. The van der Waals surface area contributed by atoms with Crippen LogP contribution in [-0.4, -0.2) is 24.3 Å². The molecule has 2 aromatic heterocycles. The van der Waals surface area contributed by atoms with Crippen LogP contribution in [0, 0.1) is 0 Å². The minimum absolute atomic E-state index is 0.0129. The van der Waals surface area contributed by atoms with Crippen LogP contribution in [0.15, 0.2) is 51.6 Å². The molecule has 20 heavy (non-hydrogen) atoms. The van der Waals surface area contributed by atoms with Crippen molar-refractivity contribution in [3.8, 4) is 0 Å². The summed E-state index contributed by atoms with van der Waals surface area (Å²) < 4.78 is 5.59. The number of carbonyl (C=O) groups is 1. The lowest BCUT2D eigenvalue weighted by Gasteiger charge is -2.13. The maximum atomic E-state index is 12.2. The van der Waals surface area contributed by atoms with E-state index in [2.05, 4.69) is 11.4 Å². The molecule has 3 nitrogen and oxygen atoms in total. The first-order valence-corrected chi connectivity index (χ1v) is 7.38. The number of para-hydroxylation sites is 1. The maximum absolute atomic E-state index is 12.2. The first-order chi connectivity index (χ1) is 9.72. The van der Waals surface area contributed by atoms with Gasteiger partial charge in [-0.3, -0.25) is 9.69 Å². The topological polar surface area (TPSA) is 33.5 Å². The van der Waals surface area contributed by atoms with E-state index in [0.29, 0.717) is 12.3 Å². The molecule has 0 spiro atoms. The molecule has 0 aliphatic rings. The van der Waals surface area contributed by atoms with Crippen LogP contribution in [0.2, 0.25) is 0 Å². The van der Waals surface area contributed by atoms with Crippen molar-refractivity contribution in [3.05, 3.63) is 58.5 Å². The third kappa shape index (κ3) is 2.81. The highest BCUT2D eigenvalue weighted by Gasteiger charge is 2.14. The number of fused-ring (bicyclic) bond motifs is 1. The third-order valence-electron chi connectivity index (χ3n) is 3.15. The van der Waals surface area contributed by atoms with Gasteiger partial charge in [-0.05, 0) is 41.6 Å². The highest BCUT2D eigenvalue weighted by molar-refractivity contribution is 7.07. The van der Waals surface area contributed by atoms with Gasteiger partial charge in [0.15, 0.2) is 5.76 Å². The van der Waals surface area contributed by atoms with Gasteiger partial charge in [0.05, 0.1) is 6.54 Å². The normalized spacial score (nSPS) is 11.3. The molecule has 0 atom stereocenters. The molecule has 0 saturated carbocycles. The van der Waals surface area contributed by atoms with Gasteiger partial charge in [-0.15, -0.1) is 0 Å². The van der Waals surface area contributed by atoms with Crippen molar-refractivity contribution < 1.29 is 9.21 Å². The molecule has 102 valence electrons. The average Bonchev–Trinajstić information content (AvgIpc) is 3.06. The van der Waals surface area contributed by atoms with Crippen molar-refractivity contribution in [1.29, 1.82) is 0 Å². The zero-order valence-electron chi connectivity index (χ0n) is 11.2. The minimum Gasteiger partial charge on any atom is -0.453 e. The zero-order valence-corrected chi connectivity index (χ0v) is 12.0. The molecular weight excluding hydrogens is 270 g/mol. The van der Waals surface area contributed by atoms with E-state index in [-0.39, 0.29) is 5.78 Å². The average molecular weight is 285 g/mol. The van der Waals surface area contributed by atoms with E-state index in [1.807, 2.05) is 47.7 Å². The number of ketones is 1. The van der Waals surface area contributed by atoms with E-state index in [1.165, 1.54) is 5.56 Å². The van der Waals surface area contributed by atoms with E-state index in [4.69, 9.17) is 4.42 Å². The lowest BCUT2D eigenvalue weighted by molar-refractivity contribution is 0.0918. The fourth-order valence-corrected chi connectivity index (χ4v) is 2.85. The molecule has 0 radical (unpaired) electrons. The van der Waals surface area contributed by atoms with Gasteiger partial charge in [-0.1, -0.05) is 18.2 Å². The quantitative estimate of drug-likeness (QED) is 0.668. The summed E-state index contributed by atoms with van der Waals surface area (Å²) in [4.78, 5) is 14.2. The first kappa shape index (κ1) is 13.1. The molecule has 1 aromatic carbocycles. The molecule has 0 fully saturated rings. The Balaban J connectivity index is 1.69. The van der Waals surface area contributed by atoms with Crippen LogP contribution in [0.4, 0.5) is 0 Å². The van der Waals surface area contributed by atoms with Crippen LogP contribution >= 0.6 is 11.3 Å². The number of likely N-dealkylation sites (N-methyl/N-ethyl adjacent to an activating group) is 1. The summed E-state index contributed by atoms with van der Waals surface area (Å²) in [5.74, 6) is 0.447. The second-order valence-electron chi connectivity index (χ2n) is 4.88. The fourth-order valence-electron chi connectivity index (χ4n) is 2.19. The highest BCUT2D eigenvalue weighted by atomic mass is 32.1. The predicted molar refractivity (Wildman–Crippen MR) is 81.2 cm³/mol. The van der Waals surface area contributed by atoms with E-state index in [9.17, 15) is 4.79 Å². The summed E-state index contributed by atoms with van der Waals surface area (Å²) in [7, 11) is 1.94. The molecule has 0 unspecified atom stereocenters. The van der Waals surface area contributed by atoms with Gasteiger partial charge in [0.1, 0.15) is 5.58 Å². The molecule has 2 heterocycles. The lowest BCUT2D eigenvalue weighted by atomic mass is 10.2. The molecule has 4 heteroatoms. The third-order valence-corrected chi connectivity index (χ3v) is 3.88. The van der Waals surface area contributed by atoms with Crippen LogP contribution in [0.3, 0.4) is 0 Å². The standard InChI is InChI=1S/C16H15NO2S/c1-17(9-12-6-7-20-11-12)10-14(18)16-8-13-4-2-3-5-15(13)19-16/h2-8,11H,9-10H2,1H3. The number of nitrogens with zero attached hydrogens (tertiary/aromatic N) is 1. The molecule has 0 aliphatic carbocycles. The van der Waals surface area contributed by atoms with E-state index in [1.54, 1.807) is 11.3 Å². The van der Waals surface area contributed by atoms with E-state index in [0.717, 1.165) is 17.5 Å². The lowest BCUT2D eigenvalue weighted by Crippen LogP contribution is -2.25. The van der Waals surface area contributed by atoms with Gasteiger partial charge in [0.25, 0.3) is 0 Å². The molecule has 0 aliphatic heterocycles. The Labute approximate surface area is 121 Å². The number of benzene rings is 1. The van der Waals surface area contributed by atoms with Crippen molar-refractivity contribution >= 4 is 28.1 Å². The molecular formula is C16H15NO2S. The van der Waals surface area contributed by atoms with Crippen molar-refractivity contribution in [2.24, 2.45) is 0 Å². The number of thiophene rings is 1. The molecule has 3 aromatic rings. The van der Waals surface area contributed by atoms with Crippen molar-refractivity contribution in [2.45, 2.75) is 6.54 Å². The van der Waals surface area contributed by atoms with E-state index < -0.39 is 0 Å². The van der Waals surface area contributed by atoms with Gasteiger partial charge in [-0.25, -0.2) is 0 Å². The SMILES string of the molecule is CN(CC(=O)c1cc2ccccc2o1)Cc1ccsc1. The van der Waals surface area contributed by atoms with Crippen LogP contribution < -0.4 is 0 Å². The Morgan fingerprint density at radius 3 is 2.90 bits per heavy atom. The predicted octanol–water partition coefficient (Wildman–Crippen LogP) is 3.81. The summed E-state index contributed by atoms with van der Waals surface area (Å²) in [5, 5.41) is 5.11. The van der Waals surface area contributed by atoms with Gasteiger partial charge < -0.3 is 4.42 Å². The Hall–Kier alpha value is -1.91. The Kier molecular flexibility index (Phi) is 3.67. The van der Waals surface area contributed by atoms with Crippen LogP contribution in [0.5, 0.6) is 0 Å². The molecule has 0 amide bonds. The summed E-state index contributed by atoms with van der Waals surface area (Å²) >= 11 is 1.67. The van der Waals surface area contributed by atoms with Gasteiger partial charge in [-0.2, -0.15) is 11.3 Å². The largest absolute Gasteiger partial charge is 0.453 e. The van der Waals surface area contributed by atoms with Gasteiger partial charge in [0, 0.05) is 11.9 Å². The smallest absolute Gasteiger partial charge is 0.211 e. The number of furan rings is 1. The molecule has 0 bridgehead atoms. The fraction of sp³-hybridized carbons (Fsp3) is 0.188. The molecule has 0 N–H and O–H groups in total. The van der Waals surface area contributed by atoms with Crippen molar-refractivity contribution in [2.75, 3.05) is 13.6 Å². The highest BCUT2D eigenvalue weighted by Crippen LogP contribution is 2.19. The summed E-state index contributed by atoms with van der Waals surface area (Å²) in [6, 6.07) is 11.6. The molecule has 0 saturated heterocycles. The minimum atomic E-state index is 0.0129. The van der Waals surface area contributed by atoms with Crippen molar-refractivity contribution in [1.82, 2.24) is 4.90 Å². The van der Waals surface area contributed by atoms with Crippen molar-refractivity contribution in [3.63, 3.8) is 0 Å². The Bertz CT molecular complexity index is 682.